The number of allylic oxidation sites excluding steroid dienone is 2. The number of fused-ring (bicyclic) bond motifs is 4. The average Bonchev–Trinajstić information content (AvgIpc) is 3.45. The lowest BCUT2D eigenvalue weighted by Gasteiger charge is -2.57. The molecule has 16 heteroatoms. The highest BCUT2D eigenvalue weighted by atomic mass is 32.2. The fraction of sp³-hybridized carbons (Fsp3) is 0.889. The van der Waals surface area contributed by atoms with E-state index < -0.39 is 71.1 Å². The second kappa shape index (κ2) is 13.4. The molecular weight excluding hydrogens is 739 g/mol. The first-order valence-electron chi connectivity index (χ1n) is 18.7. The van der Waals surface area contributed by atoms with E-state index in [9.17, 15) is 26.3 Å². The molecule has 2 saturated carbocycles. The van der Waals surface area contributed by atoms with Gasteiger partial charge in [0, 0.05) is 48.0 Å². The maximum atomic E-state index is 14.5. The van der Waals surface area contributed by atoms with Gasteiger partial charge in [-0.25, -0.2) is 19.6 Å². The molecule has 0 amide bonds. The summed E-state index contributed by atoms with van der Waals surface area (Å²) in [4.78, 5) is 23.6. The van der Waals surface area contributed by atoms with Crippen molar-refractivity contribution in [1.82, 2.24) is 0 Å². The monoisotopic (exact) mass is 786 g/mol. The fourth-order valence-corrected chi connectivity index (χ4v) is 12.8. The average molecular weight is 787 g/mol. The number of thioether (sulfide) groups is 2. The molecule has 12 atom stereocenters. The van der Waals surface area contributed by atoms with Gasteiger partial charge in [-0.1, -0.05) is 13.8 Å². The van der Waals surface area contributed by atoms with Crippen molar-refractivity contribution in [2.24, 2.45) is 35.5 Å². The van der Waals surface area contributed by atoms with Gasteiger partial charge in [0.25, 0.3) is 0 Å². The van der Waals surface area contributed by atoms with E-state index >= 15 is 0 Å². The first kappa shape index (κ1) is 38.0. The van der Waals surface area contributed by atoms with Crippen LogP contribution in [0.25, 0.3) is 0 Å². The van der Waals surface area contributed by atoms with E-state index in [-0.39, 0.29) is 46.3 Å². The molecule has 0 aromatic rings. The molecule has 8 heterocycles. The number of alkyl halides is 6. The number of hydrogen-bond donors (Lipinski definition) is 0. The Balaban J connectivity index is 0.909. The van der Waals surface area contributed by atoms with Crippen LogP contribution < -0.4 is 0 Å². The minimum Gasteiger partial charge on any atom is -0.456 e. The van der Waals surface area contributed by atoms with Crippen LogP contribution in [0.15, 0.2) is 22.7 Å². The van der Waals surface area contributed by atoms with Gasteiger partial charge in [-0.2, -0.15) is 49.9 Å². The van der Waals surface area contributed by atoms with Crippen molar-refractivity contribution in [3.8, 4) is 0 Å². The molecule has 10 rings (SSSR count). The summed E-state index contributed by atoms with van der Waals surface area (Å²) >= 11 is 2.81. The Labute approximate surface area is 308 Å². The molecule has 0 aromatic carbocycles. The molecule has 2 spiro atoms. The Kier molecular flexibility index (Phi) is 9.77. The van der Waals surface area contributed by atoms with E-state index in [1.807, 2.05) is 0 Å². The summed E-state index contributed by atoms with van der Waals surface area (Å²) in [7, 11) is 0. The van der Waals surface area contributed by atoms with E-state index in [1.165, 1.54) is 23.5 Å². The molecule has 3 unspecified atom stereocenters. The summed E-state index contributed by atoms with van der Waals surface area (Å²) in [6.45, 7) is 7.57. The molecular formula is C36H48F6O8S2. The molecule has 0 radical (unpaired) electrons. The van der Waals surface area contributed by atoms with E-state index in [0.29, 0.717) is 62.9 Å². The van der Waals surface area contributed by atoms with Crippen LogP contribution in [0.2, 0.25) is 0 Å². The molecule has 294 valence electrons. The van der Waals surface area contributed by atoms with Crippen LogP contribution in [0, 0.1) is 35.5 Å². The van der Waals surface area contributed by atoms with Gasteiger partial charge in [0.2, 0.25) is 35.7 Å². The van der Waals surface area contributed by atoms with Gasteiger partial charge in [-0.15, -0.1) is 0 Å². The lowest BCUT2D eigenvalue weighted by molar-refractivity contribution is -0.557. The molecule has 52 heavy (non-hydrogen) atoms. The van der Waals surface area contributed by atoms with Crippen molar-refractivity contribution >= 4 is 23.5 Å². The zero-order valence-electron chi connectivity index (χ0n) is 29.9. The molecule has 0 N–H and O–H groups in total. The van der Waals surface area contributed by atoms with Gasteiger partial charge in [0.15, 0.2) is 11.2 Å². The van der Waals surface area contributed by atoms with Crippen molar-refractivity contribution in [3.63, 3.8) is 0 Å². The molecule has 0 aromatic heterocycles. The van der Waals surface area contributed by atoms with Crippen LogP contribution in [0.5, 0.6) is 0 Å². The second-order valence-corrected chi connectivity index (χ2v) is 18.7. The molecule has 8 fully saturated rings. The third-order valence-corrected chi connectivity index (χ3v) is 15.4. The zero-order chi connectivity index (χ0) is 36.9. The number of rotatable bonds is 9. The van der Waals surface area contributed by atoms with Crippen LogP contribution in [0.3, 0.4) is 0 Å². The standard InChI is InChI=1S/C36H48F6O8S2/c1-19-7-9-25-21(27(35(37,38)39)43-29-33(25)23(19)11-13-31(3,45-29)47-49-33)17-51-15-5-6-16-52-18-22-26-10-8-20(2)24-12-14-32(4)46-30(34(24,26)50-48-32)44-28(22)36(40,41)42/h19-20,23-26,29-30H,5-18H2,1-4H3/t19-,20-,23?,24?,25+,26+,29-,30?,31+,32+,33-,34-/m1/s1. The predicted molar refractivity (Wildman–Crippen MR) is 178 cm³/mol. The lowest BCUT2D eigenvalue weighted by Crippen LogP contribution is -2.67. The Morgan fingerprint density at radius 3 is 1.38 bits per heavy atom. The van der Waals surface area contributed by atoms with E-state index in [0.717, 1.165) is 12.8 Å². The highest BCUT2D eigenvalue weighted by Gasteiger charge is 2.71. The number of hydrogen-bond acceptors (Lipinski definition) is 10. The summed E-state index contributed by atoms with van der Waals surface area (Å²) in [5.41, 5.74) is -1.91. The van der Waals surface area contributed by atoms with Crippen LogP contribution in [-0.2, 0) is 38.5 Å². The van der Waals surface area contributed by atoms with Gasteiger partial charge in [0.05, 0.1) is 0 Å². The first-order chi connectivity index (χ1) is 24.5. The Hall–Kier alpha value is -0.880. The maximum absolute atomic E-state index is 14.5. The molecule has 8 aliphatic heterocycles. The van der Waals surface area contributed by atoms with E-state index in [4.69, 9.17) is 38.5 Å². The number of halogens is 6. The van der Waals surface area contributed by atoms with Crippen LogP contribution in [0.4, 0.5) is 26.3 Å². The smallest absolute Gasteiger partial charge is 0.449 e. The van der Waals surface area contributed by atoms with Crippen molar-refractivity contribution in [2.75, 3.05) is 23.0 Å². The van der Waals surface area contributed by atoms with Crippen molar-refractivity contribution in [2.45, 2.75) is 140 Å². The second-order valence-electron chi connectivity index (χ2n) is 16.5. The summed E-state index contributed by atoms with van der Waals surface area (Å²) in [5, 5.41) is 0. The van der Waals surface area contributed by atoms with Gasteiger partial charge < -0.3 is 18.9 Å². The Morgan fingerprint density at radius 1 is 0.596 bits per heavy atom. The minimum absolute atomic E-state index is 0.0733. The van der Waals surface area contributed by atoms with Gasteiger partial charge in [0.1, 0.15) is 0 Å². The zero-order valence-corrected chi connectivity index (χ0v) is 31.5. The summed E-state index contributed by atoms with van der Waals surface area (Å²) in [6, 6.07) is 0. The van der Waals surface area contributed by atoms with E-state index in [2.05, 4.69) is 13.8 Å². The molecule has 6 saturated heterocycles. The van der Waals surface area contributed by atoms with Crippen LogP contribution in [-0.4, -0.2) is 70.7 Å². The molecule has 8 nitrogen and oxygen atoms in total. The molecule has 10 aliphatic rings. The topological polar surface area (TPSA) is 73.8 Å². The van der Waals surface area contributed by atoms with Gasteiger partial charge in [-0.05, 0) is 99.7 Å². The minimum atomic E-state index is -4.69. The normalized spacial score (nSPS) is 45.5. The fourth-order valence-electron chi connectivity index (χ4n) is 10.6. The van der Waals surface area contributed by atoms with Crippen LogP contribution in [0.1, 0.15) is 91.9 Å². The number of unbranched alkanes of at least 4 members (excludes halogenated alkanes) is 1. The third-order valence-electron chi connectivity index (χ3n) is 13.2. The van der Waals surface area contributed by atoms with Crippen molar-refractivity contribution < 1.29 is 64.8 Å². The first-order valence-corrected chi connectivity index (χ1v) is 21.0. The van der Waals surface area contributed by atoms with Gasteiger partial charge in [-0.3, -0.25) is 0 Å². The largest absolute Gasteiger partial charge is 0.456 e. The number of ether oxygens (including phenoxy) is 4. The molecule has 4 bridgehead atoms. The summed E-state index contributed by atoms with van der Waals surface area (Å²) in [6.07, 6.45) is -5.46. The highest BCUT2D eigenvalue weighted by Crippen LogP contribution is 2.63. The van der Waals surface area contributed by atoms with Crippen molar-refractivity contribution in [3.05, 3.63) is 22.7 Å². The quantitative estimate of drug-likeness (QED) is 0.128. The van der Waals surface area contributed by atoms with E-state index in [1.54, 1.807) is 13.8 Å². The Morgan fingerprint density at radius 2 is 1.00 bits per heavy atom. The SMILES string of the molecule is C[C@@H]1CC[C@H]2C(CSCCCCSCC3=C(C(F)(F)F)O[C@@H]4O[C@]5(C)CCC6[C@H](C)CC[C@@H]3[C@]64OO5)=C(C(F)(F)F)OC3O[C@]4(C)CCC1[C@]32OO4. The lowest BCUT2D eigenvalue weighted by atomic mass is 9.59. The predicted octanol–water partition coefficient (Wildman–Crippen LogP) is 9.36. The summed E-state index contributed by atoms with van der Waals surface area (Å²) < 4.78 is 111. The Bertz CT molecular complexity index is 1350. The maximum Gasteiger partial charge on any atom is 0.449 e. The van der Waals surface area contributed by atoms with Gasteiger partial charge >= 0.3 is 12.4 Å². The van der Waals surface area contributed by atoms with Crippen molar-refractivity contribution in [1.29, 1.82) is 0 Å². The molecule has 2 aliphatic carbocycles. The van der Waals surface area contributed by atoms with Crippen LogP contribution >= 0.6 is 23.5 Å². The highest BCUT2D eigenvalue weighted by molar-refractivity contribution is 7.99. The third kappa shape index (κ3) is 6.14. The summed E-state index contributed by atoms with van der Waals surface area (Å²) in [5.74, 6) is -3.75.